The normalized spacial score (nSPS) is 13.7. The van der Waals surface area contributed by atoms with Gasteiger partial charge in [0.2, 0.25) is 11.8 Å². The lowest BCUT2D eigenvalue weighted by molar-refractivity contribution is -0.117. The molecule has 0 atom stereocenters. The van der Waals surface area contributed by atoms with Gasteiger partial charge in [0.05, 0.1) is 17.1 Å². The molecule has 3 rings (SSSR count). The zero-order chi connectivity index (χ0) is 19.4. The van der Waals surface area contributed by atoms with E-state index in [4.69, 9.17) is 0 Å². The molecule has 1 N–H and O–H groups in total. The van der Waals surface area contributed by atoms with Gasteiger partial charge in [-0.3, -0.25) is 14.4 Å². The molecule has 0 spiro atoms. The fraction of sp³-hybridized carbons (Fsp3) is 0.250. The van der Waals surface area contributed by atoms with Crippen molar-refractivity contribution in [2.75, 3.05) is 22.5 Å². The standard InChI is InChI=1S/C20H19FN2O3S/c1-13(24)14-8-9-18(15(21)11-14)27-12-19(25)22-16-5-2-3-6-17(16)23-10-4-7-20(23)26/h2-3,5-6,8-9,11H,4,7,10,12H2,1H3,(H,22,25). The first-order valence-electron chi connectivity index (χ1n) is 8.58. The van der Waals surface area contributed by atoms with E-state index in [1.807, 2.05) is 6.07 Å². The molecule has 0 bridgehead atoms. The number of Topliss-reactive ketones (excluding diaryl/α,β-unsaturated/α-hetero) is 1. The van der Waals surface area contributed by atoms with Crippen molar-refractivity contribution in [1.82, 2.24) is 0 Å². The Hall–Kier alpha value is -2.67. The third kappa shape index (κ3) is 4.54. The number of thioether (sulfide) groups is 1. The van der Waals surface area contributed by atoms with Crippen LogP contribution in [-0.4, -0.2) is 29.9 Å². The number of anilines is 2. The number of para-hydroxylation sites is 2. The summed E-state index contributed by atoms with van der Waals surface area (Å²) in [5.41, 5.74) is 1.53. The number of benzene rings is 2. The number of nitrogens with one attached hydrogen (secondary N) is 1. The van der Waals surface area contributed by atoms with Crippen LogP contribution in [0.4, 0.5) is 15.8 Å². The van der Waals surface area contributed by atoms with E-state index in [1.54, 1.807) is 29.2 Å². The van der Waals surface area contributed by atoms with Gasteiger partial charge in [-0.25, -0.2) is 4.39 Å². The quantitative estimate of drug-likeness (QED) is 0.604. The van der Waals surface area contributed by atoms with Crippen LogP contribution in [0, 0.1) is 5.82 Å². The molecule has 7 heteroatoms. The first-order chi connectivity index (χ1) is 13.0. The molecule has 0 saturated carbocycles. The summed E-state index contributed by atoms with van der Waals surface area (Å²) >= 11 is 1.05. The minimum absolute atomic E-state index is 0.0125. The van der Waals surface area contributed by atoms with Crippen molar-refractivity contribution in [1.29, 1.82) is 0 Å². The van der Waals surface area contributed by atoms with Gasteiger partial charge in [-0.05, 0) is 37.6 Å². The molecule has 1 aliphatic rings. The van der Waals surface area contributed by atoms with Crippen molar-refractivity contribution in [2.45, 2.75) is 24.7 Å². The molecule has 0 radical (unpaired) electrons. The summed E-state index contributed by atoms with van der Waals surface area (Å²) in [7, 11) is 0. The van der Waals surface area contributed by atoms with Crippen molar-refractivity contribution in [3.05, 3.63) is 53.8 Å². The number of nitrogens with zero attached hydrogens (tertiary/aromatic N) is 1. The van der Waals surface area contributed by atoms with Crippen LogP contribution in [0.5, 0.6) is 0 Å². The highest BCUT2D eigenvalue weighted by Gasteiger charge is 2.24. The molecule has 140 valence electrons. The summed E-state index contributed by atoms with van der Waals surface area (Å²) in [6.07, 6.45) is 1.31. The highest BCUT2D eigenvalue weighted by molar-refractivity contribution is 8.00. The van der Waals surface area contributed by atoms with Crippen LogP contribution in [0.25, 0.3) is 0 Å². The fourth-order valence-corrected chi connectivity index (χ4v) is 3.60. The molecule has 0 aliphatic carbocycles. The molecule has 0 unspecified atom stereocenters. The largest absolute Gasteiger partial charge is 0.324 e. The minimum atomic E-state index is -0.524. The Morgan fingerprint density at radius 1 is 1.22 bits per heavy atom. The van der Waals surface area contributed by atoms with Crippen LogP contribution in [-0.2, 0) is 9.59 Å². The highest BCUT2D eigenvalue weighted by atomic mass is 32.2. The Bertz CT molecular complexity index is 901. The van der Waals surface area contributed by atoms with Crippen molar-refractivity contribution >= 4 is 40.7 Å². The molecule has 2 aromatic carbocycles. The maximum absolute atomic E-state index is 14.1. The van der Waals surface area contributed by atoms with Crippen LogP contribution < -0.4 is 10.2 Å². The van der Waals surface area contributed by atoms with Gasteiger partial charge in [0, 0.05) is 23.4 Å². The van der Waals surface area contributed by atoms with Gasteiger partial charge in [-0.2, -0.15) is 0 Å². The summed E-state index contributed by atoms with van der Waals surface area (Å²) in [6, 6.07) is 11.4. The maximum Gasteiger partial charge on any atom is 0.234 e. The number of ketones is 1. The van der Waals surface area contributed by atoms with Crippen LogP contribution in [0.3, 0.4) is 0 Å². The van der Waals surface area contributed by atoms with E-state index in [9.17, 15) is 18.8 Å². The van der Waals surface area contributed by atoms with E-state index in [-0.39, 0.29) is 23.4 Å². The molecule has 1 aliphatic heterocycles. The molecule has 0 aromatic heterocycles. The lowest BCUT2D eigenvalue weighted by atomic mass is 10.1. The second-order valence-corrected chi connectivity index (χ2v) is 7.22. The molecule has 2 aromatic rings. The number of halogens is 1. The fourth-order valence-electron chi connectivity index (χ4n) is 2.88. The summed E-state index contributed by atoms with van der Waals surface area (Å²) < 4.78 is 14.1. The Morgan fingerprint density at radius 3 is 2.67 bits per heavy atom. The monoisotopic (exact) mass is 386 g/mol. The first kappa shape index (κ1) is 19.1. The minimum Gasteiger partial charge on any atom is -0.324 e. The highest BCUT2D eigenvalue weighted by Crippen LogP contribution is 2.30. The summed E-state index contributed by atoms with van der Waals surface area (Å²) in [5.74, 6) is -0.980. The number of amides is 2. The molecular weight excluding hydrogens is 367 g/mol. The third-order valence-corrected chi connectivity index (χ3v) is 5.29. The van der Waals surface area contributed by atoms with Crippen LogP contribution in [0.15, 0.2) is 47.4 Å². The SMILES string of the molecule is CC(=O)c1ccc(SCC(=O)Nc2ccccc2N2CCCC2=O)c(F)c1. The predicted octanol–water partition coefficient (Wildman–Crippen LogP) is 3.89. The topological polar surface area (TPSA) is 66.5 Å². The molecular formula is C20H19FN2O3S. The van der Waals surface area contributed by atoms with Crippen molar-refractivity contribution in [3.63, 3.8) is 0 Å². The Kier molecular flexibility index (Phi) is 5.91. The third-order valence-electron chi connectivity index (χ3n) is 4.24. The smallest absolute Gasteiger partial charge is 0.234 e. The molecule has 1 fully saturated rings. The van der Waals surface area contributed by atoms with Gasteiger partial charge in [0.25, 0.3) is 0 Å². The molecule has 5 nitrogen and oxygen atoms in total. The summed E-state index contributed by atoms with van der Waals surface area (Å²) in [4.78, 5) is 37.5. The van der Waals surface area contributed by atoms with Crippen LogP contribution >= 0.6 is 11.8 Å². The van der Waals surface area contributed by atoms with E-state index in [2.05, 4.69) is 5.32 Å². The first-order valence-corrected chi connectivity index (χ1v) is 9.57. The van der Waals surface area contributed by atoms with Gasteiger partial charge in [0.15, 0.2) is 5.78 Å². The van der Waals surface area contributed by atoms with E-state index in [0.29, 0.717) is 34.8 Å². The number of rotatable bonds is 6. The van der Waals surface area contributed by atoms with Crippen LogP contribution in [0.2, 0.25) is 0 Å². The zero-order valence-electron chi connectivity index (χ0n) is 14.8. The summed E-state index contributed by atoms with van der Waals surface area (Å²) in [5, 5.41) is 2.80. The lowest BCUT2D eigenvalue weighted by Gasteiger charge is -2.19. The van der Waals surface area contributed by atoms with E-state index >= 15 is 0 Å². The Morgan fingerprint density at radius 2 is 2.00 bits per heavy atom. The predicted molar refractivity (Wildman–Crippen MR) is 104 cm³/mol. The zero-order valence-corrected chi connectivity index (χ0v) is 15.6. The number of carbonyl (C=O) groups is 3. The van der Waals surface area contributed by atoms with E-state index in [0.717, 1.165) is 18.2 Å². The number of carbonyl (C=O) groups excluding carboxylic acids is 3. The molecule has 1 heterocycles. The van der Waals surface area contributed by atoms with Gasteiger partial charge in [-0.15, -0.1) is 11.8 Å². The average molecular weight is 386 g/mol. The Labute approximate surface area is 160 Å². The van der Waals surface area contributed by atoms with Gasteiger partial charge < -0.3 is 10.2 Å². The van der Waals surface area contributed by atoms with Gasteiger partial charge >= 0.3 is 0 Å². The molecule has 1 saturated heterocycles. The lowest BCUT2D eigenvalue weighted by Crippen LogP contribution is -2.26. The van der Waals surface area contributed by atoms with Crippen molar-refractivity contribution in [3.8, 4) is 0 Å². The van der Waals surface area contributed by atoms with Crippen molar-refractivity contribution in [2.24, 2.45) is 0 Å². The number of hydrogen-bond donors (Lipinski definition) is 1. The van der Waals surface area contributed by atoms with Gasteiger partial charge in [0.1, 0.15) is 5.82 Å². The summed E-state index contributed by atoms with van der Waals surface area (Å²) in [6.45, 7) is 2.01. The van der Waals surface area contributed by atoms with E-state index < -0.39 is 5.82 Å². The Balaban J connectivity index is 1.65. The number of hydrogen-bond acceptors (Lipinski definition) is 4. The average Bonchev–Trinajstić information content (AvgIpc) is 3.07. The van der Waals surface area contributed by atoms with Crippen molar-refractivity contribution < 1.29 is 18.8 Å². The second-order valence-electron chi connectivity index (χ2n) is 6.20. The van der Waals surface area contributed by atoms with Gasteiger partial charge in [-0.1, -0.05) is 18.2 Å². The molecule has 2 amide bonds. The molecule has 27 heavy (non-hydrogen) atoms. The second kappa shape index (κ2) is 8.35. The maximum atomic E-state index is 14.1. The van der Waals surface area contributed by atoms with E-state index in [1.165, 1.54) is 19.1 Å². The van der Waals surface area contributed by atoms with Crippen LogP contribution in [0.1, 0.15) is 30.1 Å².